The van der Waals surface area contributed by atoms with Gasteiger partial charge in [0.25, 0.3) is 11.8 Å². The zero-order valence-electron chi connectivity index (χ0n) is 32.5. The molecule has 3 N–H and O–H groups in total. The Morgan fingerprint density at radius 3 is 1.87 bits per heavy atom. The number of nitrogens with two attached hydrogens (primary N) is 1. The van der Waals surface area contributed by atoms with Crippen LogP contribution in [0.4, 0.5) is 5.13 Å². The third kappa shape index (κ3) is 8.12. The summed E-state index contributed by atoms with van der Waals surface area (Å²) in [5.41, 5.74) is 8.69. The average molecular weight is 894 g/mol. The molecule has 0 spiro atoms. The summed E-state index contributed by atoms with van der Waals surface area (Å²) in [7, 11) is 0. The van der Waals surface area contributed by atoms with Gasteiger partial charge < -0.3 is 20.6 Å². The summed E-state index contributed by atoms with van der Waals surface area (Å²) in [5.74, 6) is -1.55. The van der Waals surface area contributed by atoms with E-state index in [0.717, 1.165) is 43.4 Å². The molecule has 0 bridgehead atoms. The van der Waals surface area contributed by atoms with Crippen LogP contribution in [0.25, 0.3) is 0 Å². The first kappa shape index (κ1) is 40.8. The number of nitrogens with one attached hydrogen (secondary N) is 1. The molecule has 2 aliphatic heterocycles. The van der Waals surface area contributed by atoms with Crippen LogP contribution in [0.1, 0.15) is 39.6 Å². The Labute approximate surface area is 373 Å². The number of hydrogen-bond acceptors (Lipinski definition) is 14. The van der Waals surface area contributed by atoms with E-state index in [-0.39, 0.29) is 22.2 Å². The number of hydrogen-bond donors (Lipinski definition) is 2. The zero-order valence-corrected chi connectivity index (χ0v) is 35.8. The van der Waals surface area contributed by atoms with Crippen LogP contribution < -0.4 is 11.1 Å². The van der Waals surface area contributed by atoms with E-state index < -0.39 is 40.9 Å². The van der Waals surface area contributed by atoms with Crippen molar-refractivity contribution in [2.45, 2.75) is 27.3 Å². The summed E-state index contributed by atoms with van der Waals surface area (Å²) in [4.78, 5) is 56.6. The summed E-state index contributed by atoms with van der Waals surface area (Å²) < 4.78 is 11.0. The van der Waals surface area contributed by atoms with Crippen LogP contribution >= 0.6 is 46.4 Å². The molecule has 0 unspecified atom stereocenters. The largest absolute Gasteiger partial charge is 0.448 e. The minimum absolute atomic E-state index is 0.0994. The minimum Gasteiger partial charge on any atom is -0.448 e. The molecular formula is C46H35N7O5S4. The summed E-state index contributed by atoms with van der Waals surface area (Å²) in [5, 5.41) is 12.6. The van der Waals surface area contributed by atoms with Crippen molar-refractivity contribution in [2.24, 2.45) is 5.16 Å². The van der Waals surface area contributed by atoms with Crippen molar-refractivity contribution in [3.63, 3.8) is 0 Å². The number of β-lactam (4-membered cyclic amide) rings is 1. The SMILES string of the molecule is Nc1nc(/C(=N/OC(c2ccccc2)(c2ccccc2)c2ccccc2)C(=O)N[C@@H]2C(=O)N3C(C(=O)OC(c4ccccc4)c4ccccc4)=C(Sc4cnns4)CS[C@@H]23)cs1. The Hall–Kier alpha value is -6.59. The topological polar surface area (TPSA) is 162 Å². The maximum absolute atomic E-state index is 14.6. The van der Waals surface area contributed by atoms with Gasteiger partial charge in [0.05, 0.1) is 6.20 Å². The number of anilines is 1. The van der Waals surface area contributed by atoms with Gasteiger partial charge in [-0.15, -0.1) is 28.2 Å². The predicted octanol–water partition coefficient (Wildman–Crippen LogP) is 8.03. The molecule has 4 heterocycles. The van der Waals surface area contributed by atoms with Gasteiger partial charge in [-0.2, -0.15) is 0 Å². The molecule has 0 radical (unpaired) electrons. The molecule has 1 fully saturated rings. The highest BCUT2D eigenvalue weighted by molar-refractivity contribution is 8.07. The number of fused-ring (bicyclic) bond motifs is 1. The number of nitrogens with zero attached hydrogens (tertiary/aromatic N) is 5. The van der Waals surface area contributed by atoms with Crippen LogP contribution in [0.5, 0.6) is 0 Å². The first-order valence-corrected chi connectivity index (χ1v) is 22.8. The van der Waals surface area contributed by atoms with Crippen LogP contribution in [0.3, 0.4) is 0 Å². The van der Waals surface area contributed by atoms with Crippen molar-refractivity contribution >= 4 is 75.0 Å². The van der Waals surface area contributed by atoms with Gasteiger partial charge in [0, 0.05) is 32.7 Å². The van der Waals surface area contributed by atoms with Gasteiger partial charge in [-0.25, -0.2) is 9.78 Å². The predicted molar refractivity (Wildman–Crippen MR) is 242 cm³/mol. The molecule has 5 aromatic carbocycles. The number of aromatic nitrogens is 3. The molecule has 12 nitrogen and oxygen atoms in total. The lowest BCUT2D eigenvalue weighted by Crippen LogP contribution is -2.71. The quantitative estimate of drug-likeness (QED) is 0.0358. The molecule has 2 amide bonds. The molecule has 9 rings (SSSR count). The van der Waals surface area contributed by atoms with E-state index in [2.05, 4.69) is 25.0 Å². The van der Waals surface area contributed by atoms with Crippen molar-refractivity contribution in [1.82, 2.24) is 24.8 Å². The van der Waals surface area contributed by atoms with Crippen LogP contribution in [0.15, 0.2) is 183 Å². The Balaban J connectivity index is 1.04. The second-order valence-corrected chi connectivity index (χ2v) is 18.1. The molecule has 308 valence electrons. The number of thiazole rings is 1. The number of amides is 2. The third-order valence-electron chi connectivity index (χ3n) is 10.2. The second kappa shape index (κ2) is 18.2. The maximum Gasteiger partial charge on any atom is 0.356 e. The van der Waals surface area contributed by atoms with Crippen molar-refractivity contribution in [3.05, 3.63) is 207 Å². The van der Waals surface area contributed by atoms with Crippen LogP contribution in [-0.4, -0.2) is 60.1 Å². The molecule has 16 heteroatoms. The van der Waals surface area contributed by atoms with Crippen molar-refractivity contribution in [1.29, 1.82) is 0 Å². The van der Waals surface area contributed by atoms with Crippen molar-refractivity contribution in [2.75, 3.05) is 11.5 Å². The zero-order chi connectivity index (χ0) is 42.5. The molecule has 0 saturated carbocycles. The van der Waals surface area contributed by atoms with Crippen molar-refractivity contribution in [3.8, 4) is 0 Å². The summed E-state index contributed by atoms with van der Waals surface area (Å²) in [6.07, 6.45) is 0.850. The van der Waals surface area contributed by atoms with Gasteiger partial charge in [-0.1, -0.05) is 173 Å². The van der Waals surface area contributed by atoms with Crippen LogP contribution in [0, 0.1) is 0 Å². The number of nitrogen functional groups attached to an aromatic ring is 1. The summed E-state index contributed by atoms with van der Waals surface area (Å²) in [6, 6.07) is 46.7. The van der Waals surface area contributed by atoms with E-state index in [1.165, 1.54) is 40.0 Å². The lowest BCUT2D eigenvalue weighted by molar-refractivity contribution is -0.154. The van der Waals surface area contributed by atoms with Gasteiger partial charge in [-0.05, 0) is 22.7 Å². The minimum atomic E-state index is -1.31. The number of oxime groups is 1. The Morgan fingerprint density at radius 2 is 1.37 bits per heavy atom. The fraction of sp³-hybridized carbons (Fsp3) is 0.109. The standard InChI is InChI=1S/C46H35N7O5S4/c47-45-49-34(27-60-45)37(51-58-46(31-20-10-3-11-21-31,32-22-12-4-13-23-32)33-24-14-5-15-25-33)41(54)50-38-42(55)53-39(35(28-59-43(38)53)61-36-26-48-52-62-36)44(56)57-40(29-16-6-1-7-17-29)30-18-8-2-9-19-30/h1-27,38,40,43H,28H2,(H2,47,49)(H,50,54)/b51-37-/t38-,43+/m1/s1. The molecule has 1 saturated heterocycles. The van der Waals surface area contributed by atoms with Crippen LogP contribution in [0.2, 0.25) is 0 Å². The highest BCUT2D eigenvalue weighted by atomic mass is 32.2. The molecule has 2 aromatic heterocycles. The van der Waals surface area contributed by atoms with Gasteiger partial charge in [-0.3, -0.25) is 14.5 Å². The van der Waals surface area contributed by atoms with Gasteiger partial charge in [0.2, 0.25) is 5.60 Å². The average Bonchev–Trinajstić information content (AvgIpc) is 4.01. The molecule has 0 aliphatic carbocycles. The molecule has 2 aliphatic rings. The number of carbonyl (C=O) groups is 3. The summed E-state index contributed by atoms with van der Waals surface area (Å²) >= 11 is 5.04. The molecule has 7 aromatic rings. The molecular weight excluding hydrogens is 859 g/mol. The van der Waals surface area contributed by atoms with E-state index in [1.54, 1.807) is 11.6 Å². The second-order valence-electron chi connectivity index (χ2n) is 14.0. The third-order valence-corrected chi connectivity index (χ3v) is 14.2. The Morgan fingerprint density at radius 1 is 0.823 bits per heavy atom. The molecule has 2 atom stereocenters. The van der Waals surface area contributed by atoms with E-state index in [0.29, 0.717) is 10.7 Å². The van der Waals surface area contributed by atoms with E-state index in [9.17, 15) is 14.4 Å². The lowest BCUT2D eigenvalue weighted by atomic mass is 9.80. The number of ether oxygens (including phenoxy) is 1. The number of carbonyl (C=O) groups excluding carboxylic acids is 3. The van der Waals surface area contributed by atoms with E-state index >= 15 is 0 Å². The number of rotatable bonds is 14. The van der Waals surface area contributed by atoms with Crippen LogP contribution in [-0.2, 0) is 29.6 Å². The van der Waals surface area contributed by atoms with Crippen molar-refractivity contribution < 1.29 is 24.0 Å². The summed E-state index contributed by atoms with van der Waals surface area (Å²) in [6.45, 7) is 0. The highest BCUT2D eigenvalue weighted by Gasteiger charge is 2.55. The number of esters is 1. The van der Waals surface area contributed by atoms with E-state index in [1.807, 2.05) is 152 Å². The maximum atomic E-state index is 14.6. The first-order valence-electron chi connectivity index (χ1n) is 19.3. The number of thioether (sulfide) groups is 2. The molecule has 62 heavy (non-hydrogen) atoms. The normalized spacial score (nSPS) is 16.4. The first-order chi connectivity index (χ1) is 30.4. The van der Waals surface area contributed by atoms with Gasteiger partial charge in [0.1, 0.15) is 27.0 Å². The lowest BCUT2D eigenvalue weighted by Gasteiger charge is -2.49. The Kier molecular flexibility index (Phi) is 12.0. The van der Waals surface area contributed by atoms with E-state index in [4.69, 9.17) is 15.3 Å². The number of benzene rings is 5. The smallest absolute Gasteiger partial charge is 0.356 e. The fourth-order valence-corrected chi connectivity index (χ4v) is 11.0. The highest BCUT2D eigenvalue weighted by Crippen LogP contribution is 2.47. The Bertz CT molecular complexity index is 2610. The van der Waals surface area contributed by atoms with Gasteiger partial charge >= 0.3 is 5.97 Å². The fourth-order valence-electron chi connectivity index (χ4n) is 7.33. The monoisotopic (exact) mass is 893 g/mol. The van der Waals surface area contributed by atoms with Gasteiger partial charge in [0.15, 0.2) is 16.9 Å².